The van der Waals surface area contributed by atoms with E-state index in [0.717, 1.165) is 19.5 Å². The summed E-state index contributed by atoms with van der Waals surface area (Å²) in [5.41, 5.74) is 0.609. The van der Waals surface area contributed by atoms with Crippen LogP contribution in [0.25, 0.3) is 0 Å². The largest absolute Gasteiger partial charge is 0.352 e. The summed E-state index contributed by atoms with van der Waals surface area (Å²) in [6, 6.07) is 6.85. The van der Waals surface area contributed by atoms with Gasteiger partial charge in [0.1, 0.15) is 11.9 Å². The van der Waals surface area contributed by atoms with Crippen molar-refractivity contribution in [3.8, 4) is 6.07 Å². The van der Waals surface area contributed by atoms with Gasteiger partial charge >= 0.3 is 0 Å². The molecule has 0 spiro atoms. The van der Waals surface area contributed by atoms with Crippen LogP contribution in [0.5, 0.6) is 0 Å². The molecular formula is C14H16FN3O. The van der Waals surface area contributed by atoms with Crippen molar-refractivity contribution in [1.29, 1.82) is 5.26 Å². The standard InChI is InChI=1S/C14H16FN3O/c1-10(19)17-13-5-6-18(9-13)8-12-4-2-3-11(7-16)14(12)15/h2-4,13H,5-6,8-9H2,1H3,(H,17,19). The molecule has 100 valence electrons. The van der Waals surface area contributed by atoms with Gasteiger partial charge in [-0.2, -0.15) is 5.26 Å². The maximum atomic E-state index is 13.9. The molecule has 1 aliphatic rings. The van der Waals surface area contributed by atoms with Gasteiger partial charge in [0.05, 0.1) is 5.56 Å². The molecule has 19 heavy (non-hydrogen) atoms. The predicted molar refractivity (Wildman–Crippen MR) is 68.6 cm³/mol. The molecule has 0 bridgehead atoms. The Bertz CT molecular complexity index is 524. The molecule has 1 N–H and O–H groups in total. The molecule has 0 radical (unpaired) electrons. The molecule has 4 nitrogen and oxygen atoms in total. The fourth-order valence-corrected chi connectivity index (χ4v) is 2.41. The molecule has 1 amide bonds. The lowest BCUT2D eigenvalue weighted by atomic mass is 10.1. The van der Waals surface area contributed by atoms with Gasteiger partial charge in [-0.1, -0.05) is 12.1 Å². The number of hydrogen-bond donors (Lipinski definition) is 1. The number of likely N-dealkylation sites (tertiary alicyclic amines) is 1. The van der Waals surface area contributed by atoms with Gasteiger partial charge in [0.15, 0.2) is 0 Å². The van der Waals surface area contributed by atoms with Crippen molar-refractivity contribution in [1.82, 2.24) is 10.2 Å². The Balaban J connectivity index is 2.00. The molecule has 1 atom stereocenters. The van der Waals surface area contributed by atoms with Crippen LogP contribution in [-0.4, -0.2) is 29.9 Å². The van der Waals surface area contributed by atoms with Crippen LogP contribution in [0.1, 0.15) is 24.5 Å². The van der Waals surface area contributed by atoms with Crippen LogP contribution in [0.3, 0.4) is 0 Å². The van der Waals surface area contributed by atoms with Crippen LogP contribution < -0.4 is 5.32 Å². The van der Waals surface area contributed by atoms with Crippen molar-refractivity contribution in [3.05, 3.63) is 35.1 Å². The summed E-state index contributed by atoms with van der Waals surface area (Å²) < 4.78 is 13.9. The van der Waals surface area contributed by atoms with Crippen molar-refractivity contribution >= 4 is 5.91 Å². The quantitative estimate of drug-likeness (QED) is 0.895. The summed E-state index contributed by atoms with van der Waals surface area (Å²) in [6.07, 6.45) is 0.874. The Hall–Kier alpha value is -1.93. The third-order valence-corrected chi connectivity index (χ3v) is 3.27. The molecule has 5 heteroatoms. The van der Waals surface area contributed by atoms with E-state index in [1.165, 1.54) is 13.0 Å². The molecule has 1 aliphatic heterocycles. The number of rotatable bonds is 3. The number of hydrogen-bond acceptors (Lipinski definition) is 3. The van der Waals surface area contributed by atoms with Gasteiger partial charge in [-0.05, 0) is 12.5 Å². The Labute approximate surface area is 111 Å². The molecule has 1 fully saturated rings. The van der Waals surface area contributed by atoms with E-state index in [4.69, 9.17) is 5.26 Å². The first-order chi connectivity index (χ1) is 9.10. The molecule has 1 aromatic carbocycles. The van der Waals surface area contributed by atoms with Gasteiger partial charge in [-0.25, -0.2) is 4.39 Å². The normalized spacial score (nSPS) is 19.1. The topological polar surface area (TPSA) is 56.1 Å². The van der Waals surface area contributed by atoms with Crippen molar-refractivity contribution in [3.63, 3.8) is 0 Å². The van der Waals surface area contributed by atoms with Crippen LogP contribution in [0, 0.1) is 17.1 Å². The SMILES string of the molecule is CC(=O)NC1CCN(Cc2cccc(C#N)c2F)C1. The first kappa shape index (κ1) is 13.5. The third-order valence-electron chi connectivity index (χ3n) is 3.27. The highest BCUT2D eigenvalue weighted by atomic mass is 19.1. The van der Waals surface area contributed by atoms with Gasteiger partial charge in [0.25, 0.3) is 0 Å². The average Bonchev–Trinajstić information content (AvgIpc) is 2.78. The number of nitrogens with one attached hydrogen (secondary N) is 1. The van der Waals surface area contributed by atoms with Gasteiger partial charge in [-0.3, -0.25) is 9.69 Å². The number of carbonyl (C=O) groups is 1. The summed E-state index contributed by atoms with van der Waals surface area (Å²) in [6.45, 7) is 3.51. The maximum absolute atomic E-state index is 13.9. The van der Waals surface area contributed by atoms with Crippen LogP contribution in [0.2, 0.25) is 0 Å². The van der Waals surface area contributed by atoms with Gasteiger partial charge in [0, 0.05) is 38.2 Å². The highest BCUT2D eigenvalue weighted by molar-refractivity contribution is 5.73. The number of carbonyl (C=O) groups excluding carboxylic acids is 1. The first-order valence-corrected chi connectivity index (χ1v) is 6.27. The molecule has 1 saturated heterocycles. The minimum absolute atomic E-state index is 0.0375. The van der Waals surface area contributed by atoms with E-state index in [9.17, 15) is 9.18 Å². The minimum atomic E-state index is -0.437. The molecule has 0 aromatic heterocycles. The number of amides is 1. The second-order valence-corrected chi connectivity index (χ2v) is 4.81. The number of benzene rings is 1. The smallest absolute Gasteiger partial charge is 0.217 e. The summed E-state index contributed by atoms with van der Waals surface area (Å²) in [7, 11) is 0. The van der Waals surface area contributed by atoms with E-state index in [-0.39, 0.29) is 17.5 Å². The predicted octanol–water partition coefficient (Wildman–Crippen LogP) is 1.41. The Morgan fingerprint density at radius 1 is 1.63 bits per heavy atom. The van der Waals surface area contributed by atoms with Gasteiger partial charge < -0.3 is 5.32 Å². The van der Waals surface area contributed by atoms with E-state index in [2.05, 4.69) is 10.2 Å². The summed E-state index contributed by atoms with van der Waals surface area (Å²) in [4.78, 5) is 13.1. The fraction of sp³-hybridized carbons (Fsp3) is 0.429. The Morgan fingerprint density at radius 3 is 3.11 bits per heavy atom. The molecule has 1 heterocycles. The van der Waals surface area contributed by atoms with E-state index in [1.807, 2.05) is 6.07 Å². The second kappa shape index (κ2) is 5.81. The number of halogens is 1. The van der Waals surface area contributed by atoms with Gasteiger partial charge in [-0.15, -0.1) is 0 Å². The van der Waals surface area contributed by atoms with Crippen LogP contribution in [0.4, 0.5) is 4.39 Å². The average molecular weight is 261 g/mol. The Kier molecular flexibility index (Phi) is 4.13. The van der Waals surface area contributed by atoms with Crippen LogP contribution in [-0.2, 0) is 11.3 Å². The number of nitriles is 1. The molecule has 0 aliphatic carbocycles. The van der Waals surface area contributed by atoms with Crippen molar-refractivity contribution in [2.75, 3.05) is 13.1 Å². The van der Waals surface area contributed by atoms with E-state index < -0.39 is 5.82 Å². The van der Waals surface area contributed by atoms with Crippen molar-refractivity contribution < 1.29 is 9.18 Å². The van der Waals surface area contributed by atoms with Gasteiger partial charge in [0.2, 0.25) is 5.91 Å². The number of nitrogens with zero attached hydrogens (tertiary/aromatic N) is 2. The zero-order valence-electron chi connectivity index (χ0n) is 10.8. The second-order valence-electron chi connectivity index (χ2n) is 4.81. The lowest BCUT2D eigenvalue weighted by Crippen LogP contribution is -2.35. The zero-order valence-corrected chi connectivity index (χ0v) is 10.8. The Morgan fingerprint density at radius 2 is 2.42 bits per heavy atom. The molecular weight excluding hydrogens is 245 g/mol. The third kappa shape index (κ3) is 3.30. The monoisotopic (exact) mass is 261 g/mol. The minimum Gasteiger partial charge on any atom is -0.352 e. The molecule has 1 aromatic rings. The summed E-state index contributed by atoms with van der Waals surface area (Å²) in [5.74, 6) is -0.475. The summed E-state index contributed by atoms with van der Waals surface area (Å²) >= 11 is 0. The zero-order chi connectivity index (χ0) is 13.8. The highest BCUT2D eigenvalue weighted by Crippen LogP contribution is 2.17. The lowest BCUT2D eigenvalue weighted by Gasteiger charge is -2.17. The lowest BCUT2D eigenvalue weighted by molar-refractivity contribution is -0.119. The van der Waals surface area contributed by atoms with E-state index in [0.29, 0.717) is 12.1 Å². The van der Waals surface area contributed by atoms with Crippen LogP contribution in [0.15, 0.2) is 18.2 Å². The first-order valence-electron chi connectivity index (χ1n) is 6.27. The summed E-state index contributed by atoms with van der Waals surface area (Å²) in [5, 5.41) is 11.7. The van der Waals surface area contributed by atoms with Crippen molar-refractivity contribution in [2.45, 2.75) is 25.9 Å². The highest BCUT2D eigenvalue weighted by Gasteiger charge is 2.23. The molecule has 2 rings (SSSR count). The van der Waals surface area contributed by atoms with E-state index in [1.54, 1.807) is 12.1 Å². The molecule has 1 unspecified atom stereocenters. The van der Waals surface area contributed by atoms with Crippen LogP contribution >= 0.6 is 0 Å². The maximum Gasteiger partial charge on any atom is 0.217 e. The molecule has 0 saturated carbocycles. The fourth-order valence-electron chi connectivity index (χ4n) is 2.41. The van der Waals surface area contributed by atoms with E-state index >= 15 is 0 Å². The van der Waals surface area contributed by atoms with Crippen molar-refractivity contribution in [2.24, 2.45) is 0 Å².